The van der Waals surface area contributed by atoms with Gasteiger partial charge < -0.3 is 9.67 Å². The maximum Gasteiger partial charge on any atom is 0.101 e. The van der Waals surface area contributed by atoms with Gasteiger partial charge in [-0.3, -0.25) is 4.68 Å². The Bertz CT molecular complexity index is 529. The van der Waals surface area contributed by atoms with Crippen LogP contribution in [0.3, 0.4) is 0 Å². The number of nitrogens with zero attached hydrogens (tertiary/aromatic N) is 4. The minimum absolute atomic E-state index is 0.533. The van der Waals surface area contributed by atoms with Crippen LogP contribution in [0.5, 0.6) is 0 Å². The molecule has 5 heteroatoms. The lowest BCUT2D eigenvalue weighted by atomic mass is 10.1. The number of aliphatic hydroxyl groups is 1. The molecule has 0 saturated heterocycles. The summed E-state index contributed by atoms with van der Waals surface area (Å²) in [6.45, 7) is 7.85. The molecule has 5 nitrogen and oxygen atoms in total. The lowest BCUT2D eigenvalue weighted by Crippen LogP contribution is -2.11. The number of imidazole rings is 1. The first-order chi connectivity index (χ1) is 9.19. The van der Waals surface area contributed by atoms with Crippen LogP contribution in [0.4, 0.5) is 0 Å². The molecule has 19 heavy (non-hydrogen) atoms. The van der Waals surface area contributed by atoms with Crippen molar-refractivity contribution in [3.8, 4) is 0 Å². The maximum absolute atomic E-state index is 10.4. The number of aryl methyl sites for hydroxylation is 3. The van der Waals surface area contributed by atoms with Crippen LogP contribution in [-0.4, -0.2) is 24.4 Å². The van der Waals surface area contributed by atoms with Gasteiger partial charge in [0, 0.05) is 25.2 Å². The molecule has 0 amide bonds. The zero-order valence-electron chi connectivity index (χ0n) is 11.9. The average Bonchev–Trinajstić information content (AvgIpc) is 3.04. The van der Waals surface area contributed by atoms with Crippen LogP contribution in [0.25, 0.3) is 0 Å². The van der Waals surface area contributed by atoms with Gasteiger partial charge in [-0.2, -0.15) is 5.10 Å². The number of aromatic nitrogens is 4. The van der Waals surface area contributed by atoms with E-state index in [1.807, 2.05) is 16.2 Å². The third-order valence-corrected chi connectivity index (χ3v) is 3.40. The normalized spacial score (nSPS) is 12.8. The van der Waals surface area contributed by atoms with E-state index < -0.39 is 6.10 Å². The lowest BCUT2D eigenvalue weighted by molar-refractivity contribution is 0.166. The Morgan fingerprint density at radius 3 is 2.68 bits per heavy atom. The topological polar surface area (TPSA) is 55.9 Å². The Labute approximate surface area is 113 Å². The molecule has 2 heterocycles. The molecular formula is C14H22N4O. The fraction of sp³-hybridized carbons (Fsp3) is 0.571. The minimum Gasteiger partial charge on any atom is -0.386 e. The van der Waals surface area contributed by atoms with Crippen LogP contribution in [0.1, 0.15) is 44.0 Å². The van der Waals surface area contributed by atoms with Crippen LogP contribution in [-0.2, 0) is 25.9 Å². The van der Waals surface area contributed by atoms with E-state index >= 15 is 0 Å². The highest BCUT2D eigenvalue weighted by Gasteiger charge is 2.16. The van der Waals surface area contributed by atoms with Crippen molar-refractivity contribution in [1.82, 2.24) is 19.3 Å². The van der Waals surface area contributed by atoms with E-state index in [4.69, 9.17) is 0 Å². The van der Waals surface area contributed by atoms with Crippen LogP contribution < -0.4 is 0 Å². The summed E-state index contributed by atoms with van der Waals surface area (Å²) in [5, 5.41) is 14.9. The van der Waals surface area contributed by atoms with Gasteiger partial charge in [0.25, 0.3) is 0 Å². The van der Waals surface area contributed by atoms with Crippen molar-refractivity contribution in [2.24, 2.45) is 0 Å². The Hall–Kier alpha value is -1.62. The third-order valence-electron chi connectivity index (χ3n) is 3.40. The molecule has 1 atom stereocenters. The van der Waals surface area contributed by atoms with Gasteiger partial charge in [-0.05, 0) is 26.3 Å². The first-order valence-electron chi connectivity index (χ1n) is 6.93. The summed E-state index contributed by atoms with van der Waals surface area (Å²) < 4.78 is 3.94. The minimum atomic E-state index is -0.533. The molecule has 1 N–H and O–H groups in total. The van der Waals surface area contributed by atoms with E-state index in [1.54, 1.807) is 12.5 Å². The van der Waals surface area contributed by atoms with Crippen molar-refractivity contribution in [2.75, 3.05) is 0 Å². The van der Waals surface area contributed by atoms with Crippen LogP contribution >= 0.6 is 0 Å². The largest absolute Gasteiger partial charge is 0.386 e. The molecule has 104 valence electrons. The third kappa shape index (κ3) is 2.87. The molecule has 0 aliphatic heterocycles. The molecule has 0 aliphatic rings. The first kappa shape index (κ1) is 13.8. The second kappa shape index (κ2) is 6.02. The summed E-state index contributed by atoms with van der Waals surface area (Å²) in [5.74, 6) is 0. The van der Waals surface area contributed by atoms with Crippen molar-refractivity contribution in [3.05, 3.63) is 35.7 Å². The molecule has 2 aromatic heterocycles. The van der Waals surface area contributed by atoms with Gasteiger partial charge in [0.2, 0.25) is 0 Å². The van der Waals surface area contributed by atoms with Gasteiger partial charge in [0.15, 0.2) is 0 Å². The quantitative estimate of drug-likeness (QED) is 0.865. The molecular weight excluding hydrogens is 240 g/mol. The fourth-order valence-corrected chi connectivity index (χ4v) is 2.30. The highest BCUT2D eigenvalue weighted by molar-refractivity contribution is 5.14. The number of aliphatic hydroxyl groups excluding tert-OH is 1. The van der Waals surface area contributed by atoms with Crippen molar-refractivity contribution < 1.29 is 5.11 Å². The molecule has 0 saturated carbocycles. The molecule has 0 radical (unpaired) electrons. The van der Waals surface area contributed by atoms with Crippen LogP contribution in [0.15, 0.2) is 18.6 Å². The monoisotopic (exact) mass is 262 g/mol. The van der Waals surface area contributed by atoms with Gasteiger partial charge in [-0.25, -0.2) is 4.98 Å². The van der Waals surface area contributed by atoms with Crippen molar-refractivity contribution >= 4 is 0 Å². The smallest absolute Gasteiger partial charge is 0.101 e. The van der Waals surface area contributed by atoms with E-state index in [9.17, 15) is 5.11 Å². The Kier molecular flexibility index (Phi) is 4.37. The molecule has 0 bridgehead atoms. The number of hydrogen-bond acceptors (Lipinski definition) is 3. The molecule has 0 aliphatic carbocycles. The highest BCUT2D eigenvalue weighted by atomic mass is 16.3. The summed E-state index contributed by atoms with van der Waals surface area (Å²) in [7, 11) is 0. The molecule has 0 spiro atoms. The number of rotatable bonds is 6. The van der Waals surface area contributed by atoms with E-state index in [0.29, 0.717) is 6.42 Å². The van der Waals surface area contributed by atoms with E-state index in [-0.39, 0.29) is 0 Å². The summed E-state index contributed by atoms with van der Waals surface area (Å²) in [6.07, 6.45) is 4.46. The molecule has 2 aromatic rings. The SMILES string of the molecule is CCc1cc(CC(O)c2cncn2CC)n(CC)n1. The van der Waals surface area contributed by atoms with Crippen molar-refractivity contribution in [1.29, 1.82) is 0 Å². The molecule has 0 fully saturated rings. The predicted molar refractivity (Wildman–Crippen MR) is 73.8 cm³/mol. The summed E-state index contributed by atoms with van der Waals surface area (Å²) in [5.41, 5.74) is 3.02. The summed E-state index contributed by atoms with van der Waals surface area (Å²) >= 11 is 0. The van der Waals surface area contributed by atoms with Gasteiger partial charge >= 0.3 is 0 Å². The zero-order valence-corrected chi connectivity index (χ0v) is 11.9. The summed E-state index contributed by atoms with van der Waals surface area (Å²) in [6, 6.07) is 2.08. The zero-order chi connectivity index (χ0) is 13.8. The van der Waals surface area contributed by atoms with E-state index in [1.165, 1.54) is 0 Å². The standard InChI is InChI=1S/C14H22N4O/c1-4-11-7-12(18(6-3)16-11)8-14(19)13-9-15-10-17(13)5-2/h7,9-10,14,19H,4-6,8H2,1-3H3. The van der Waals surface area contributed by atoms with E-state index in [0.717, 1.165) is 36.6 Å². The van der Waals surface area contributed by atoms with Gasteiger partial charge in [0.05, 0.1) is 23.9 Å². The maximum atomic E-state index is 10.4. The Morgan fingerprint density at radius 1 is 1.26 bits per heavy atom. The molecule has 1 unspecified atom stereocenters. The second-order valence-electron chi connectivity index (χ2n) is 4.62. The molecule has 2 rings (SSSR count). The second-order valence-corrected chi connectivity index (χ2v) is 4.62. The Morgan fingerprint density at radius 2 is 2.05 bits per heavy atom. The van der Waals surface area contributed by atoms with Crippen molar-refractivity contribution in [2.45, 2.75) is 52.8 Å². The van der Waals surface area contributed by atoms with Crippen molar-refractivity contribution in [3.63, 3.8) is 0 Å². The van der Waals surface area contributed by atoms with Gasteiger partial charge in [0.1, 0.15) is 6.10 Å². The fourth-order valence-electron chi connectivity index (χ4n) is 2.30. The summed E-state index contributed by atoms with van der Waals surface area (Å²) in [4.78, 5) is 4.10. The lowest BCUT2D eigenvalue weighted by Gasteiger charge is -2.13. The van der Waals surface area contributed by atoms with Gasteiger partial charge in [-0.1, -0.05) is 6.92 Å². The first-order valence-corrected chi connectivity index (χ1v) is 6.93. The average molecular weight is 262 g/mol. The highest BCUT2D eigenvalue weighted by Crippen LogP contribution is 2.19. The van der Waals surface area contributed by atoms with Crippen LogP contribution in [0, 0.1) is 0 Å². The number of hydrogen-bond donors (Lipinski definition) is 1. The molecule has 0 aromatic carbocycles. The van der Waals surface area contributed by atoms with Gasteiger partial charge in [-0.15, -0.1) is 0 Å². The van der Waals surface area contributed by atoms with E-state index in [2.05, 4.69) is 30.0 Å². The van der Waals surface area contributed by atoms with Crippen LogP contribution in [0.2, 0.25) is 0 Å². The predicted octanol–water partition coefficient (Wildman–Crippen LogP) is 1.96. The Balaban J connectivity index is 2.18.